The minimum absolute atomic E-state index is 0.277. The van der Waals surface area contributed by atoms with Crippen LogP contribution in [-0.4, -0.2) is 28.6 Å². The second-order valence-electron chi connectivity index (χ2n) is 4.32. The van der Waals surface area contributed by atoms with Gasteiger partial charge in [0, 0.05) is 12.8 Å². The van der Waals surface area contributed by atoms with E-state index in [2.05, 4.69) is 5.10 Å². The van der Waals surface area contributed by atoms with E-state index in [1.165, 1.54) is 0 Å². The molecule has 1 heterocycles. The van der Waals surface area contributed by atoms with Crippen LogP contribution in [0.25, 0.3) is 0 Å². The van der Waals surface area contributed by atoms with Gasteiger partial charge in [-0.05, 0) is 24.6 Å². The highest BCUT2D eigenvalue weighted by Crippen LogP contribution is 2.21. The number of aliphatic hydroxyl groups is 1. The number of methoxy groups -OCH3 is 1. The maximum absolute atomic E-state index is 9.78. The summed E-state index contributed by atoms with van der Waals surface area (Å²) in [5.74, 6) is 1.08. The number of ether oxygens (including phenoxy) is 2. The van der Waals surface area contributed by atoms with Crippen LogP contribution in [0, 0.1) is 0 Å². The van der Waals surface area contributed by atoms with Crippen molar-refractivity contribution in [3.05, 3.63) is 41.6 Å². The van der Waals surface area contributed by atoms with Crippen LogP contribution in [0.15, 0.2) is 30.5 Å². The molecular weight excluding hydrogens is 258 g/mol. The van der Waals surface area contributed by atoms with Gasteiger partial charge in [0.15, 0.2) is 12.1 Å². The fraction of sp³-hybridized carbons (Fsp3) is 0.357. The van der Waals surface area contributed by atoms with Gasteiger partial charge in [-0.15, -0.1) is 0 Å². The molecule has 0 aliphatic heterocycles. The lowest BCUT2D eigenvalue weighted by Gasteiger charge is -2.08. The van der Waals surface area contributed by atoms with Gasteiger partial charge in [0.25, 0.3) is 0 Å². The minimum atomic E-state index is -1.04. The molecule has 0 bridgehead atoms. The highest BCUT2D eigenvalue weighted by atomic mass is 16.6. The molecule has 2 rings (SSSR count). The van der Waals surface area contributed by atoms with Gasteiger partial charge in [0.1, 0.15) is 5.75 Å². The predicted molar refractivity (Wildman–Crippen MR) is 75.3 cm³/mol. The SMILES string of the molecule is CCOC(O)c1cn(Cc2ccc(OC)cc2)nc1N. The third-order valence-corrected chi connectivity index (χ3v) is 2.91. The standard InChI is InChI=1S/C14H19N3O3/c1-3-20-14(18)12-9-17(16-13(12)15)8-10-4-6-11(19-2)7-5-10/h4-7,9,14,18H,3,8H2,1-2H3,(H2,15,16). The molecule has 3 N–H and O–H groups in total. The number of nitrogens with zero attached hydrogens (tertiary/aromatic N) is 2. The molecule has 108 valence electrons. The van der Waals surface area contributed by atoms with E-state index in [9.17, 15) is 5.11 Å². The van der Waals surface area contributed by atoms with Gasteiger partial charge >= 0.3 is 0 Å². The summed E-state index contributed by atoms with van der Waals surface area (Å²) in [6.07, 6.45) is 0.657. The average molecular weight is 277 g/mol. The van der Waals surface area contributed by atoms with E-state index in [1.54, 1.807) is 24.9 Å². The summed E-state index contributed by atoms with van der Waals surface area (Å²) in [6.45, 7) is 2.78. The molecule has 0 aliphatic carbocycles. The van der Waals surface area contributed by atoms with Crippen molar-refractivity contribution in [3.63, 3.8) is 0 Å². The van der Waals surface area contributed by atoms with Crippen molar-refractivity contribution in [2.75, 3.05) is 19.5 Å². The van der Waals surface area contributed by atoms with Crippen LogP contribution in [0.5, 0.6) is 5.75 Å². The van der Waals surface area contributed by atoms with E-state index in [0.717, 1.165) is 11.3 Å². The third-order valence-electron chi connectivity index (χ3n) is 2.91. The number of hydrogen-bond acceptors (Lipinski definition) is 5. The van der Waals surface area contributed by atoms with Crippen molar-refractivity contribution in [2.45, 2.75) is 19.8 Å². The summed E-state index contributed by atoms with van der Waals surface area (Å²) in [5, 5.41) is 14.0. The molecule has 6 nitrogen and oxygen atoms in total. The molecule has 2 aromatic rings. The Bertz CT molecular complexity index is 551. The minimum Gasteiger partial charge on any atom is -0.497 e. The number of aliphatic hydroxyl groups excluding tert-OH is 1. The van der Waals surface area contributed by atoms with Crippen LogP contribution < -0.4 is 10.5 Å². The van der Waals surface area contributed by atoms with Gasteiger partial charge in [-0.3, -0.25) is 4.68 Å². The third kappa shape index (κ3) is 3.28. The highest BCUT2D eigenvalue weighted by molar-refractivity contribution is 5.38. The highest BCUT2D eigenvalue weighted by Gasteiger charge is 2.15. The number of nitrogens with two attached hydrogens (primary N) is 1. The molecule has 0 amide bonds. The Hall–Kier alpha value is -2.05. The van der Waals surface area contributed by atoms with E-state index in [4.69, 9.17) is 15.2 Å². The fourth-order valence-corrected chi connectivity index (χ4v) is 1.89. The van der Waals surface area contributed by atoms with Crippen molar-refractivity contribution in [1.82, 2.24) is 9.78 Å². The van der Waals surface area contributed by atoms with Gasteiger partial charge in [-0.25, -0.2) is 0 Å². The monoisotopic (exact) mass is 277 g/mol. The molecule has 0 fully saturated rings. The lowest BCUT2D eigenvalue weighted by atomic mass is 10.2. The van der Waals surface area contributed by atoms with Crippen LogP contribution in [-0.2, 0) is 11.3 Å². The van der Waals surface area contributed by atoms with Gasteiger partial charge in [-0.2, -0.15) is 5.10 Å². The topological polar surface area (TPSA) is 82.5 Å². The Labute approximate surface area is 117 Å². The van der Waals surface area contributed by atoms with Crippen molar-refractivity contribution >= 4 is 5.82 Å². The van der Waals surface area contributed by atoms with E-state index < -0.39 is 6.29 Å². The number of nitrogen functional groups attached to an aromatic ring is 1. The van der Waals surface area contributed by atoms with Crippen LogP contribution in [0.4, 0.5) is 5.82 Å². The van der Waals surface area contributed by atoms with Crippen LogP contribution >= 0.6 is 0 Å². The summed E-state index contributed by atoms with van der Waals surface area (Å²) in [5.41, 5.74) is 7.33. The van der Waals surface area contributed by atoms with E-state index in [0.29, 0.717) is 18.7 Å². The van der Waals surface area contributed by atoms with Crippen molar-refractivity contribution < 1.29 is 14.6 Å². The maximum Gasteiger partial charge on any atom is 0.186 e. The Morgan fingerprint density at radius 3 is 2.65 bits per heavy atom. The lowest BCUT2D eigenvalue weighted by molar-refractivity contribution is -0.0975. The Balaban J connectivity index is 2.11. The second-order valence-corrected chi connectivity index (χ2v) is 4.32. The molecule has 1 aromatic heterocycles. The first kappa shape index (κ1) is 14.4. The van der Waals surface area contributed by atoms with Crippen LogP contribution in [0.2, 0.25) is 0 Å². The zero-order valence-electron chi connectivity index (χ0n) is 11.6. The van der Waals surface area contributed by atoms with Gasteiger partial charge in [0.2, 0.25) is 0 Å². The summed E-state index contributed by atoms with van der Waals surface area (Å²) in [7, 11) is 1.63. The number of benzene rings is 1. The molecular formula is C14H19N3O3. The summed E-state index contributed by atoms with van der Waals surface area (Å²) >= 11 is 0. The second kappa shape index (κ2) is 6.40. The molecule has 1 unspecified atom stereocenters. The molecule has 1 atom stereocenters. The maximum atomic E-state index is 9.78. The first-order chi connectivity index (χ1) is 9.63. The summed E-state index contributed by atoms with van der Waals surface area (Å²) in [4.78, 5) is 0. The molecule has 0 saturated carbocycles. The zero-order chi connectivity index (χ0) is 14.5. The van der Waals surface area contributed by atoms with Crippen molar-refractivity contribution in [3.8, 4) is 5.75 Å². The Morgan fingerprint density at radius 1 is 1.35 bits per heavy atom. The molecule has 6 heteroatoms. The van der Waals surface area contributed by atoms with E-state index in [-0.39, 0.29) is 5.82 Å². The first-order valence-corrected chi connectivity index (χ1v) is 6.39. The van der Waals surface area contributed by atoms with Crippen molar-refractivity contribution in [2.24, 2.45) is 0 Å². The molecule has 0 aliphatic rings. The molecule has 0 saturated heterocycles. The van der Waals surface area contributed by atoms with E-state index in [1.807, 2.05) is 24.3 Å². The number of hydrogen-bond donors (Lipinski definition) is 2. The first-order valence-electron chi connectivity index (χ1n) is 6.39. The Morgan fingerprint density at radius 2 is 2.05 bits per heavy atom. The summed E-state index contributed by atoms with van der Waals surface area (Å²) < 4.78 is 11.9. The largest absolute Gasteiger partial charge is 0.497 e. The van der Waals surface area contributed by atoms with E-state index >= 15 is 0 Å². The quantitative estimate of drug-likeness (QED) is 0.783. The predicted octanol–water partition coefficient (Wildman–Crippen LogP) is 1.55. The van der Waals surface area contributed by atoms with Gasteiger partial charge in [0.05, 0.1) is 19.2 Å². The molecule has 20 heavy (non-hydrogen) atoms. The molecule has 0 radical (unpaired) electrons. The Kier molecular flexibility index (Phi) is 4.60. The van der Waals surface area contributed by atoms with Crippen LogP contribution in [0.1, 0.15) is 24.3 Å². The van der Waals surface area contributed by atoms with Gasteiger partial charge < -0.3 is 20.3 Å². The number of anilines is 1. The number of rotatable bonds is 6. The van der Waals surface area contributed by atoms with Gasteiger partial charge in [-0.1, -0.05) is 12.1 Å². The smallest absolute Gasteiger partial charge is 0.186 e. The molecule has 0 spiro atoms. The summed E-state index contributed by atoms with van der Waals surface area (Å²) in [6, 6.07) is 7.68. The van der Waals surface area contributed by atoms with Crippen molar-refractivity contribution in [1.29, 1.82) is 0 Å². The average Bonchev–Trinajstić information content (AvgIpc) is 2.81. The normalized spacial score (nSPS) is 12.3. The zero-order valence-corrected chi connectivity index (χ0v) is 11.6. The van der Waals surface area contributed by atoms with Crippen LogP contribution in [0.3, 0.4) is 0 Å². The number of aromatic nitrogens is 2. The fourth-order valence-electron chi connectivity index (χ4n) is 1.89. The lowest BCUT2D eigenvalue weighted by Crippen LogP contribution is -2.04. The molecule has 1 aromatic carbocycles.